The number of nitrogens with two attached hydrogens (primary N) is 1. The average molecular weight is 331 g/mol. The van der Waals surface area contributed by atoms with E-state index in [1.165, 1.54) is 0 Å². The maximum absolute atomic E-state index is 12.2. The summed E-state index contributed by atoms with van der Waals surface area (Å²) in [5, 5.41) is 0. The van der Waals surface area contributed by atoms with Crippen LogP contribution >= 0.6 is 0 Å². The van der Waals surface area contributed by atoms with Crippen LogP contribution in [-0.2, 0) is 16.1 Å². The van der Waals surface area contributed by atoms with Crippen molar-refractivity contribution in [2.45, 2.75) is 31.9 Å². The first-order valence-electron chi connectivity index (χ1n) is 8.62. The van der Waals surface area contributed by atoms with Gasteiger partial charge in [0.05, 0.1) is 6.54 Å². The van der Waals surface area contributed by atoms with Crippen molar-refractivity contribution in [1.29, 1.82) is 0 Å². The second-order valence-corrected chi connectivity index (χ2v) is 6.62. The third-order valence-electron chi connectivity index (χ3n) is 4.69. The largest absolute Gasteiger partial charge is 0.445 e. The van der Waals surface area contributed by atoms with Crippen LogP contribution in [0.4, 0.5) is 4.79 Å². The zero-order valence-corrected chi connectivity index (χ0v) is 13.9. The van der Waals surface area contributed by atoms with E-state index in [-0.39, 0.29) is 18.5 Å². The van der Waals surface area contributed by atoms with Gasteiger partial charge in [0.2, 0.25) is 5.91 Å². The molecule has 1 unspecified atom stereocenters. The first kappa shape index (κ1) is 16.8. The molecule has 1 aromatic carbocycles. The molecule has 2 fully saturated rings. The van der Waals surface area contributed by atoms with Crippen LogP contribution < -0.4 is 5.73 Å². The average Bonchev–Trinajstić information content (AvgIpc) is 3.35. The Kier molecular flexibility index (Phi) is 5.35. The van der Waals surface area contributed by atoms with Crippen LogP contribution in [0.25, 0.3) is 0 Å². The first-order chi connectivity index (χ1) is 11.7. The zero-order chi connectivity index (χ0) is 16.9. The molecule has 6 heteroatoms. The Hall–Kier alpha value is -2.08. The predicted octanol–water partition coefficient (Wildman–Crippen LogP) is 1.59. The molecule has 3 rings (SSSR count). The third-order valence-corrected chi connectivity index (χ3v) is 4.69. The van der Waals surface area contributed by atoms with Crippen molar-refractivity contribution in [3.8, 4) is 0 Å². The smallest absolute Gasteiger partial charge is 0.410 e. The highest BCUT2D eigenvalue weighted by atomic mass is 16.6. The number of hydrogen-bond donors (Lipinski definition) is 1. The van der Waals surface area contributed by atoms with Gasteiger partial charge in [0.25, 0.3) is 0 Å². The second kappa shape index (κ2) is 7.66. The van der Waals surface area contributed by atoms with Crippen molar-refractivity contribution in [1.82, 2.24) is 9.80 Å². The van der Waals surface area contributed by atoms with Crippen LogP contribution in [0.1, 0.15) is 24.8 Å². The Morgan fingerprint density at radius 2 is 1.96 bits per heavy atom. The summed E-state index contributed by atoms with van der Waals surface area (Å²) in [6.45, 7) is 2.39. The lowest BCUT2D eigenvalue weighted by Crippen LogP contribution is -2.41. The van der Waals surface area contributed by atoms with E-state index in [9.17, 15) is 9.59 Å². The Balaban J connectivity index is 1.46. The number of benzene rings is 1. The molecule has 130 valence electrons. The Bertz CT molecular complexity index is 574. The number of amides is 2. The lowest BCUT2D eigenvalue weighted by molar-refractivity contribution is -0.130. The molecule has 1 aliphatic carbocycles. The van der Waals surface area contributed by atoms with Gasteiger partial charge >= 0.3 is 6.09 Å². The van der Waals surface area contributed by atoms with E-state index in [4.69, 9.17) is 10.5 Å². The summed E-state index contributed by atoms with van der Waals surface area (Å²) in [6, 6.07) is 10.0. The topological polar surface area (TPSA) is 75.9 Å². The van der Waals surface area contributed by atoms with Gasteiger partial charge < -0.3 is 20.3 Å². The van der Waals surface area contributed by atoms with Crippen molar-refractivity contribution in [3.05, 3.63) is 35.9 Å². The molecule has 1 atom stereocenters. The number of ether oxygens (including phenoxy) is 1. The minimum absolute atomic E-state index is 0.0163. The van der Waals surface area contributed by atoms with Crippen molar-refractivity contribution >= 4 is 12.0 Å². The molecule has 0 bridgehead atoms. The number of carbonyl (C=O) groups excluding carboxylic acids is 2. The van der Waals surface area contributed by atoms with Crippen LogP contribution in [0.3, 0.4) is 0 Å². The molecule has 2 aliphatic rings. The van der Waals surface area contributed by atoms with Gasteiger partial charge in [0.15, 0.2) is 0 Å². The summed E-state index contributed by atoms with van der Waals surface area (Å²) in [7, 11) is 0. The molecule has 1 aromatic rings. The van der Waals surface area contributed by atoms with Gasteiger partial charge in [0.1, 0.15) is 6.61 Å². The molecular weight excluding hydrogens is 306 g/mol. The van der Waals surface area contributed by atoms with Crippen LogP contribution in [0.2, 0.25) is 0 Å². The summed E-state index contributed by atoms with van der Waals surface area (Å²) in [5.41, 5.74) is 6.49. The van der Waals surface area contributed by atoms with Crippen LogP contribution in [-0.4, -0.2) is 54.0 Å². The van der Waals surface area contributed by atoms with Gasteiger partial charge in [-0.3, -0.25) is 4.79 Å². The van der Waals surface area contributed by atoms with Crippen LogP contribution in [0.5, 0.6) is 0 Å². The van der Waals surface area contributed by atoms with E-state index in [1.54, 1.807) is 4.90 Å². The van der Waals surface area contributed by atoms with Gasteiger partial charge in [-0.15, -0.1) is 0 Å². The molecule has 1 aliphatic heterocycles. The normalized spacial score (nSPS) is 20.0. The fourth-order valence-electron chi connectivity index (χ4n) is 3.19. The summed E-state index contributed by atoms with van der Waals surface area (Å²) in [4.78, 5) is 27.8. The van der Waals surface area contributed by atoms with Gasteiger partial charge in [-0.05, 0) is 30.7 Å². The summed E-state index contributed by atoms with van der Waals surface area (Å²) < 4.78 is 5.38. The molecule has 0 aromatic heterocycles. The Morgan fingerprint density at radius 1 is 1.21 bits per heavy atom. The minimum Gasteiger partial charge on any atom is -0.445 e. The van der Waals surface area contributed by atoms with Crippen molar-refractivity contribution in [3.63, 3.8) is 0 Å². The number of carbonyl (C=O) groups is 2. The highest BCUT2D eigenvalue weighted by Gasteiger charge is 2.36. The molecule has 1 saturated carbocycles. The van der Waals surface area contributed by atoms with Gasteiger partial charge in [-0.1, -0.05) is 30.3 Å². The molecule has 24 heavy (non-hydrogen) atoms. The van der Waals surface area contributed by atoms with Crippen molar-refractivity contribution in [2.24, 2.45) is 11.7 Å². The fraction of sp³-hybridized carbons (Fsp3) is 0.556. The lowest BCUT2D eigenvalue weighted by Gasteiger charge is -2.25. The van der Waals surface area contributed by atoms with Gasteiger partial charge in [-0.2, -0.15) is 0 Å². The predicted molar refractivity (Wildman–Crippen MR) is 90.1 cm³/mol. The van der Waals surface area contributed by atoms with Crippen molar-refractivity contribution in [2.75, 3.05) is 26.2 Å². The van der Waals surface area contributed by atoms with Crippen molar-refractivity contribution < 1.29 is 14.3 Å². The van der Waals surface area contributed by atoms with Gasteiger partial charge in [0, 0.05) is 25.7 Å². The summed E-state index contributed by atoms with van der Waals surface area (Å²) in [5.74, 6) is 0.327. The molecular formula is C18H25N3O3. The van der Waals surface area contributed by atoms with E-state index >= 15 is 0 Å². The van der Waals surface area contributed by atoms with E-state index in [0.717, 1.165) is 24.8 Å². The van der Waals surface area contributed by atoms with E-state index in [0.29, 0.717) is 38.2 Å². The zero-order valence-electron chi connectivity index (χ0n) is 13.9. The van der Waals surface area contributed by atoms with E-state index in [1.807, 2.05) is 35.2 Å². The Labute approximate surface area is 142 Å². The maximum atomic E-state index is 12.2. The quantitative estimate of drug-likeness (QED) is 0.859. The first-order valence-corrected chi connectivity index (χ1v) is 8.62. The fourth-order valence-corrected chi connectivity index (χ4v) is 3.19. The molecule has 0 radical (unpaired) electrons. The summed E-state index contributed by atoms with van der Waals surface area (Å²) in [6.07, 6.45) is 2.77. The Morgan fingerprint density at radius 3 is 2.62 bits per heavy atom. The van der Waals surface area contributed by atoms with Crippen LogP contribution in [0, 0.1) is 5.92 Å². The highest BCUT2D eigenvalue weighted by molar-refractivity contribution is 5.78. The standard InChI is InChI=1S/C18H25N3O3/c19-10-17(22)21(16-6-7-16)12-15-8-9-20(11-15)18(23)24-13-14-4-2-1-3-5-14/h1-5,15-16H,6-13,19H2. The molecule has 6 nitrogen and oxygen atoms in total. The molecule has 0 spiro atoms. The minimum atomic E-state index is -0.274. The molecule has 2 amide bonds. The summed E-state index contributed by atoms with van der Waals surface area (Å²) >= 11 is 0. The van der Waals surface area contributed by atoms with Crippen LogP contribution in [0.15, 0.2) is 30.3 Å². The third kappa shape index (κ3) is 4.26. The number of rotatable bonds is 6. The van der Waals surface area contributed by atoms with E-state index < -0.39 is 0 Å². The SMILES string of the molecule is NCC(=O)N(CC1CCN(C(=O)OCc2ccccc2)C1)C1CC1. The number of nitrogens with zero attached hydrogens (tertiary/aromatic N) is 2. The van der Waals surface area contributed by atoms with Gasteiger partial charge in [-0.25, -0.2) is 4.79 Å². The molecule has 2 N–H and O–H groups in total. The monoisotopic (exact) mass is 331 g/mol. The van der Waals surface area contributed by atoms with E-state index in [2.05, 4.69) is 0 Å². The number of likely N-dealkylation sites (tertiary alicyclic amines) is 1. The molecule has 1 heterocycles. The number of hydrogen-bond acceptors (Lipinski definition) is 4. The maximum Gasteiger partial charge on any atom is 0.410 e. The molecule has 1 saturated heterocycles. The highest BCUT2D eigenvalue weighted by Crippen LogP contribution is 2.29. The second-order valence-electron chi connectivity index (χ2n) is 6.62. The lowest BCUT2D eigenvalue weighted by atomic mass is 10.1.